The largest absolute Gasteiger partial charge is 0.379 e. The van der Waals surface area contributed by atoms with E-state index >= 15 is 0 Å². The molecule has 23 heavy (non-hydrogen) atoms. The number of hydrogen-bond acceptors (Lipinski definition) is 3. The molecule has 132 valence electrons. The molecule has 1 unspecified atom stereocenters. The predicted octanol–water partition coefficient (Wildman–Crippen LogP) is 3.03. The van der Waals surface area contributed by atoms with Crippen LogP contribution in [0.3, 0.4) is 0 Å². The zero-order valence-electron chi connectivity index (χ0n) is 15.8. The van der Waals surface area contributed by atoms with Crippen LogP contribution in [0.5, 0.6) is 0 Å². The minimum Gasteiger partial charge on any atom is -0.379 e. The molecular weight excluding hydrogens is 288 g/mol. The molecule has 0 saturated carbocycles. The van der Waals surface area contributed by atoms with Crippen molar-refractivity contribution in [2.45, 2.75) is 47.0 Å². The van der Waals surface area contributed by atoms with Gasteiger partial charge < -0.3 is 15.8 Å². The van der Waals surface area contributed by atoms with Gasteiger partial charge in [-0.15, -0.1) is 0 Å². The van der Waals surface area contributed by atoms with Gasteiger partial charge in [0.15, 0.2) is 0 Å². The fourth-order valence-electron chi connectivity index (χ4n) is 2.13. The summed E-state index contributed by atoms with van der Waals surface area (Å²) in [7, 11) is 1.65. The van der Waals surface area contributed by atoms with Crippen LogP contribution >= 0.6 is 0 Å². The van der Waals surface area contributed by atoms with Gasteiger partial charge in [0, 0.05) is 12.5 Å². The molecule has 1 rings (SSSR count). The van der Waals surface area contributed by atoms with Crippen LogP contribution in [-0.4, -0.2) is 32.7 Å². The summed E-state index contributed by atoms with van der Waals surface area (Å²) in [6.45, 7) is 13.4. The topological polar surface area (TPSA) is 64.3 Å². The van der Waals surface area contributed by atoms with Crippen LogP contribution in [-0.2, 0) is 14.9 Å². The molecule has 1 atom stereocenters. The maximum absolute atomic E-state index is 12.4. The zero-order chi connectivity index (χ0) is 18.1. The Morgan fingerprint density at radius 3 is 2.30 bits per heavy atom. The summed E-state index contributed by atoms with van der Waals surface area (Å²) in [5, 5.41) is 2.74. The normalized spacial score (nSPS) is 13.6. The first-order valence-corrected chi connectivity index (χ1v) is 8.32. The Morgan fingerprint density at radius 2 is 1.83 bits per heavy atom. The van der Waals surface area contributed by atoms with Crippen LogP contribution < -0.4 is 11.1 Å². The van der Waals surface area contributed by atoms with Gasteiger partial charge in [0.2, 0.25) is 5.91 Å². The number of rotatable bonds is 7. The SMILES string of the molecule is CC.CNC(=O)C(C)(COCC(C)(C)CN)c1cccc(C)c1. The zero-order valence-corrected chi connectivity index (χ0v) is 15.8. The van der Waals surface area contributed by atoms with Crippen LogP contribution in [0.15, 0.2) is 24.3 Å². The van der Waals surface area contributed by atoms with Crippen LogP contribution in [0.2, 0.25) is 0 Å². The molecule has 0 fully saturated rings. The second kappa shape index (κ2) is 9.68. The van der Waals surface area contributed by atoms with Crippen molar-refractivity contribution in [3.63, 3.8) is 0 Å². The number of nitrogens with two attached hydrogens (primary N) is 1. The molecule has 1 amide bonds. The number of amides is 1. The van der Waals surface area contributed by atoms with E-state index in [0.717, 1.165) is 11.1 Å². The average Bonchev–Trinajstić information content (AvgIpc) is 2.55. The van der Waals surface area contributed by atoms with Crippen molar-refractivity contribution in [2.75, 3.05) is 26.8 Å². The van der Waals surface area contributed by atoms with E-state index in [-0.39, 0.29) is 11.3 Å². The van der Waals surface area contributed by atoms with Crippen molar-refractivity contribution < 1.29 is 9.53 Å². The molecule has 0 heterocycles. The Bertz CT molecular complexity index is 486. The number of carbonyl (C=O) groups excluding carboxylic acids is 1. The van der Waals surface area contributed by atoms with Crippen molar-refractivity contribution in [2.24, 2.45) is 11.1 Å². The summed E-state index contributed by atoms with van der Waals surface area (Å²) in [6.07, 6.45) is 0. The first-order valence-electron chi connectivity index (χ1n) is 8.32. The van der Waals surface area contributed by atoms with Gasteiger partial charge in [0.25, 0.3) is 0 Å². The van der Waals surface area contributed by atoms with Gasteiger partial charge >= 0.3 is 0 Å². The van der Waals surface area contributed by atoms with E-state index < -0.39 is 5.41 Å². The molecule has 0 aliphatic heterocycles. The smallest absolute Gasteiger partial charge is 0.232 e. The number of nitrogens with one attached hydrogen (secondary N) is 1. The molecule has 0 aromatic heterocycles. The van der Waals surface area contributed by atoms with Crippen molar-refractivity contribution in [3.8, 4) is 0 Å². The Hall–Kier alpha value is -1.39. The molecule has 4 heteroatoms. The molecule has 0 spiro atoms. The van der Waals surface area contributed by atoms with Gasteiger partial charge in [0.1, 0.15) is 0 Å². The first-order chi connectivity index (χ1) is 10.7. The fraction of sp³-hybridized carbons (Fsp3) is 0.632. The predicted molar refractivity (Wildman–Crippen MR) is 97.6 cm³/mol. The second-order valence-corrected chi connectivity index (χ2v) is 6.64. The minimum atomic E-state index is -0.703. The van der Waals surface area contributed by atoms with Gasteiger partial charge in [-0.2, -0.15) is 0 Å². The van der Waals surface area contributed by atoms with Gasteiger partial charge in [-0.05, 0) is 26.0 Å². The summed E-state index contributed by atoms with van der Waals surface area (Å²) in [5.74, 6) is -0.0429. The van der Waals surface area contributed by atoms with E-state index in [2.05, 4.69) is 19.2 Å². The number of aryl methyl sites for hydroxylation is 1. The third-order valence-electron chi connectivity index (χ3n) is 3.82. The number of benzene rings is 1. The first kappa shape index (κ1) is 21.6. The summed E-state index contributed by atoms with van der Waals surface area (Å²) in [6, 6.07) is 7.99. The molecule has 3 N–H and O–H groups in total. The van der Waals surface area contributed by atoms with Gasteiger partial charge in [-0.25, -0.2) is 0 Å². The van der Waals surface area contributed by atoms with E-state index in [1.165, 1.54) is 0 Å². The van der Waals surface area contributed by atoms with Crippen molar-refractivity contribution >= 4 is 5.91 Å². The molecule has 0 aliphatic rings. The lowest BCUT2D eigenvalue weighted by Crippen LogP contribution is -2.45. The number of carbonyl (C=O) groups is 1. The highest BCUT2D eigenvalue weighted by Crippen LogP contribution is 2.26. The monoisotopic (exact) mass is 322 g/mol. The lowest BCUT2D eigenvalue weighted by molar-refractivity contribution is -0.128. The Balaban J connectivity index is 0.00000232. The van der Waals surface area contributed by atoms with Crippen LogP contribution in [0.25, 0.3) is 0 Å². The third kappa shape index (κ3) is 6.32. The second-order valence-electron chi connectivity index (χ2n) is 6.64. The average molecular weight is 322 g/mol. The molecule has 0 radical (unpaired) electrons. The summed E-state index contributed by atoms with van der Waals surface area (Å²) >= 11 is 0. The highest BCUT2D eigenvalue weighted by molar-refractivity contribution is 5.87. The Labute approximate surface area is 141 Å². The van der Waals surface area contributed by atoms with Gasteiger partial charge in [-0.3, -0.25) is 4.79 Å². The van der Waals surface area contributed by atoms with E-state index in [1.54, 1.807) is 7.05 Å². The number of likely N-dealkylation sites (N-methyl/N-ethyl adjacent to an activating group) is 1. The van der Waals surface area contributed by atoms with Crippen molar-refractivity contribution in [3.05, 3.63) is 35.4 Å². The van der Waals surface area contributed by atoms with Gasteiger partial charge in [-0.1, -0.05) is 57.5 Å². The van der Waals surface area contributed by atoms with Crippen molar-refractivity contribution in [1.29, 1.82) is 0 Å². The molecular formula is C19H34N2O2. The highest BCUT2D eigenvalue weighted by atomic mass is 16.5. The molecule has 0 aliphatic carbocycles. The van der Waals surface area contributed by atoms with Crippen molar-refractivity contribution in [1.82, 2.24) is 5.32 Å². The minimum absolute atomic E-state index is 0.0429. The van der Waals surface area contributed by atoms with Crippen LogP contribution in [0, 0.1) is 12.3 Å². The third-order valence-corrected chi connectivity index (χ3v) is 3.82. The Kier molecular flexibility index (Phi) is 9.10. The van der Waals surface area contributed by atoms with Crippen LogP contribution in [0.1, 0.15) is 45.7 Å². The quantitative estimate of drug-likeness (QED) is 0.811. The number of hydrogen-bond donors (Lipinski definition) is 2. The maximum atomic E-state index is 12.4. The molecule has 1 aromatic rings. The fourth-order valence-corrected chi connectivity index (χ4v) is 2.13. The number of ether oxygens (including phenoxy) is 1. The lowest BCUT2D eigenvalue weighted by Gasteiger charge is -2.30. The summed E-state index contributed by atoms with van der Waals surface area (Å²) in [5.41, 5.74) is 7.02. The van der Waals surface area contributed by atoms with E-state index in [0.29, 0.717) is 19.8 Å². The highest BCUT2D eigenvalue weighted by Gasteiger charge is 2.35. The van der Waals surface area contributed by atoms with E-state index in [1.807, 2.05) is 52.0 Å². The van der Waals surface area contributed by atoms with Gasteiger partial charge in [0.05, 0.1) is 18.6 Å². The van der Waals surface area contributed by atoms with E-state index in [9.17, 15) is 4.79 Å². The lowest BCUT2D eigenvalue weighted by atomic mass is 9.81. The summed E-state index contributed by atoms with van der Waals surface area (Å²) < 4.78 is 5.83. The molecule has 1 aromatic carbocycles. The molecule has 0 saturated heterocycles. The maximum Gasteiger partial charge on any atom is 0.232 e. The summed E-state index contributed by atoms with van der Waals surface area (Å²) in [4.78, 5) is 12.4. The molecule has 0 bridgehead atoms. The molecule has 4 nitrogen and oxygen atoms in total. The van der Waals surface area contributed by atoms with E-state index in [4.69, 9.17) is 10.5 Å². The van der Waals surface area contributed by atoms with Crippen LogP contribution in [0.4, 0.5) is 0 Å². The standard InChI is InChI=1S/C17H28N2O2.C2H6/c1-13-7-6-8-14(9-13)17(4,15(20)19-5)12-21-11-16(2,3)10-18;1-2/h6-9H,10-12,18H2,1-5H3,(H,19,20);1-2H3. The Morgan fingerprint density at radius 1 is 1.22 bits per heavy atom.